The van der Waals surface area contributed by atoms with Crippen LogP contribution in [0.4, 0.5) is 0 Å². The molecule has 86 valence electrons. The number of carbonyl (C=O) groups excluding carboxylic acids is 2. The van der Waals surface area contributed by atoms with Crippen LogP contribution in [0.2, 0.25) is 0 Å². The molecule has 2 N–H and O–H groups in total. The molecule has 0 aromatic heterocycles. The molecule has 5 nitrogen and oxygen atoms in total. The van der Waals surface area contributed by atoms with Crippen LogP contribution >= 0.6 is 0 Å². The van der Waals surface area contributed by atoms with Gasteiger partial charge in [0.25, 0.3) is 0 Å². The van der Waals surface area contributed by atoms with E-state index in [1.54, 1.807) is 0 Å². The second-order valence-corrected chi connectivity index (χ2v) is 2.82. The Bertz CT molecular complexity index is 324. The topological polar surface area (TPSA) is 78.6 Å². The van der Waals surface area contributed by atoms with Crippen molar-refractivity contribution in [1.29, 1.82) is 0 Å². The number of nitrogens with two attached hydrogens (primary N) is 1. The van der Waals surface area contributed by atoms with E-state index in [0.29, 0.717) is 0 Å². The molecule has 0 rings (SSSR count). The summed E-state index contributed by atoms with van der Waals surface area (Å²) >= 11 is 0. The molecule has 0 aromatic rings. The van der Waals surface area contributed by atoms with Crippen LogP contribution in [0.15, 0.2) is 0 Å². The molecule has 0 aliphatic rings. The lowest BCUT2D eigenvalue weighted by molar-refractivity contribution is -0.145. The summed E-state index contributed by atoms with van der Waals surface area (Å²) < 4.78 is 9.17. The minimum Gasteiger partial charge on any atom is -0.452 e. The highest BCUT2D eigenvalue weighted by atomic mass is 16.5. The summed E-state index contributed by atoms with van der Waals surface area (Å²) in [5, 5.41) is 0. The van der Waals surface area contributed by atoms with Crippen LogP contribution in [0.3, 0.4) is 0 Å². The number of rotatable bonds is 6. The maximum Gasteiger partial charge on any atom is 0.323 e. The maximum absolute atomic E-state index is 11.1. The fourth-order valence-corrected chi connectivity index (χ4v) is 0.805. The minimum absolute atomic E-state index is 0.00794. The molecule has 0 bridgehead atoms. The fourth-order valence-electron chi connectivity index (χ4n) is 0.805. The quantitative estimate of drug-likeness (QED) is 0.482. The van der Waals surface area contributed by atoms with Crippen LogP contribution in [-0.2, 0) is 19.1 Å². The molecule has 0 aromatic carbocycles. The van der Waals surface area contributed by atoms with E-state index < -0.39 is 18.0 Å². The first kappa shape index (κ1) is 14.0. The molecule has 0 radical (unpaired) electrons. The van der Waals surface area contributed by atoms with Crippen molar-refractivity contribution in [1.82, 2.24) is 0 Å². The fraction of sp³-hybridized carbons (Fsp3) is 0.455. The highest BCUT2D eigenvalue weighted by Crippen LogP contribution is 1.99. The van der Waals surface area contributed by atoms with Gasteiger partial charge in [-0.15, -0.1) is 12.8 Å². The summed E-state index contributed by atoms with van der Waals surface area (Å²) in [6, 6.07) is -0.883. The molecule has 1 atom stereocenters. The monoisotopic (exact) mass is 223 g/mol. The van der Waals surface area contributed by atoms with E-state index >= 15 is 0 Å². The molecule has 0 aliphatic carbocycles. The molecule has 0 amide bonds. The Labute approximate surface area is 94.3 Å². The Morgan fingerprint density at radius 3 is 2.31 bits per heavy atom. The van der Waals surface area contributed by atoms with Crippen LogP contribution in [0, 0.1) is 24.7 Å². The van der Waals surface area contributed by atoms with E-state index in [9.17, 15) is 9.59 Å². The van der Waals surface area contributed by atoms with Gasteiger partial charge in [-0.1, -0.05) is 11.8 Å². The lowest BCUT2D eigenvalue weighted by atomic mass is 10.2. The number of carbonyl (C=O) groups is 2. The van der Waals surface area contributed by atoms with Crippen molar-refractivity contribution in [2.45, 2.75) is 18.9 Å². The van der Waals surface area contributed by atoms with Gasteiger partial charge in [0.2, 0.25) is 0 Å². The molecular weight excluding hydrogens is 210 g/mol. The van der Waals surface area contributed by atoms with Gasteiger partial charge in [0.15, 0.2) is 13.2 Å². The van der Waals surface area contributed by atoms with E-state index in [1.165, 1.54) is 0 Å². The summed E-state index contributed by atoms with van der Waals surface area (Å²) in [5.41, 5.74) is 5.44. The molecule has 0 saturated carbocycles. The Kier molecular flexibility index (Phi) is 7.31. The van der Waals surface area contributed by atoms with E-state index in [-0.39, 0.29) is 26.1 Å². The molecule has 0 unspecified atom stereocenters. The molecule has 5 heteroatoms. The van der Waals surface area contributed by atoms with E-state index in [2.05, 4.69) is 21.3 Å². The lowest BCUT2D eigenvalue weighted by Crippen LogP contribution is -2.33. The first-order valence-corrected chi connectivity index (χ1v) is 4.56. The zero-order valence-corrected chi connectivity index (χ0v) is 8.77. The predicted molar refractivity (Wildman–Crippen MR) is 56.8 cm³/mol. The lowest BCUT2D eigenvalue weighted by Gasteiger charge is -2.09. The zero-order valence-electron chi connectivity index (χ0n) is 8.77. The zero-order chi connectivity index (χ0) is 12.4. The van der Waals surface area contributed by atoms with Crippen LogP contribution in [-0.4, -0.2) is 31.2 Å². The molecule has 0 fully saturated rings. The van der Waals surface area contributed by atoms with E-state index in [4.69, 9.17) is 18.6 Å². The molecule has 0 spiro atoms. The second-order valence-electron chi connectivity index (χ2n) is 2.82. The Morgan fingerprint density at radius 2 is 1.75 bits per heavy atom. The van der Waals surface area contributed by atoms with Gasteiger partial charge in [-0.3, -0.25) is 9.59 Å². The first-order chi connectivity index (χ1) is 7.61. The molecule has 0 aliphatic heterocycles. The summed E-state index contributed by atoms with van der Waals surface area (Å²) in [4.78, 5) is 22.1. The van der Waals surface area contributed by atoms with Crippen molar-refractivity contribution >= 4 is 11.9 Å². The van der Waals surface area contributed by atoms with Gasteiger partial charge in [-0.05, 0) is 6.42 Å². The van der Waals surface area contributed by atoms with Crippen molar-refractivity contribution in [2.24, 2.45) is 5.73 Å². The summed E-state index contributed by atoms with van der Waals surface area (Å²) in [6.07, 6.45) is 9.92. The average Bonchev–Trinajstić information content (AvgIpc) is 2.30. The number of hydrogen-bond donors (Lipinski definition) is 1. The van der Waals surface area contributed by atoms with Gasteiger partial charge >= 0.3 is 11.9 Å². The highest BCUT2D eigenvalue weighted by molar-refractivity contribution is 5.77. The number of esters is 2. The van der Waals surface area contributed by atoms with Gasteiger partial charge in [-0.25, -0.2) is 0 Å². The third kappa shape index (κ3) is 6.47. The van der Waals surface area contributed by atoms with E-state index in [1.807, 2.05) is 0 Å². The van der Waals surface area contributed by atoms with Crippen molar-refractivity contribution in [3.05, 3.63) is 0 Å². The van der Waals surface area contributed by atoms with Gasteiger partial charge in [0.1, 0.15) is 6.04 Å². The first-order valence-electron chi connectivity index (χ1n) is 4.56. The second kappa shape index (κ2) is 8.34. The third-order valence-corrected chi connectivity index (χ3v) is 1.58. The molecule has 16 heavy (non-hydrogen) atoms. The van der Waals surface area contributed by atoms with Gasteiger partial charge in [0, 0.05) is 6.42 Å². The maximum atomic E-state index is 11.1. The Balaban J connectivity index is 3.76. The van der Waals surface area contributed by atoms with Crippen LogP contribution in [0.5, 0.6) is 0 Å². The number of ether oxygens (including phenoxy) is 2. The van der Waals surface area contributed by atoms with Gasteiger partial charge in [0.05, 0.1) is 0 Å². The van der Waals surface area contributed by atoms with Gasteiger partial charge < -0.3 is 15.2 Å². The predicted octanol–water partition coefficient (Wildman–Crippen LogP) is -0.553. The Hall–Kier alpha value is -1.98. The largest absolute Gasteiger partial charge is 0.452 e. The standard InChI is InChI=1S/C11H13NO4/c1-3-7-15-10(13)6-5-9(12)11(14)16-8-4-2/h1-2,9H,5-8,12H2/t9-/m0/s1. The summed E-state index contributed by atoms with van der Waals surface area (Å²) in [6.45, 7) is -0.219. The summed E-state index contributed by atoms with van der Waals surface area (Å²) in [5.74, 6) is 3.14. The minimum atomic E-state index is -0.883. The van der Waals surface area contributed by atoms with Crippen molar-refractivity contribution in [3.63, 3.8) is 0 Å². The van der Waals surface area contributed by atoms with Crippen molar-refractivity contribution in [2.75, 3.05) is 13.2 Å². The highest BCUT2D eigenvalue weighted by Gasteiger charge is 2.16. The third-order valence-electron chi connectivity index (χ3n) is 1.58. The normalized spacial score (nSPS) is 10.7. The van der Waals surface area contributed by atoms with Crippen molar-refractivity contribution < 1.29 is 19.1 Å². The van der Waals surface area contributed by atoms with Crippen LogP contribution in [0.1, 0.15) is 12.8 Å². The van der Waals surface area contributed by atoms with E-state index in [0.717, 1.165) is 0 Å². The SMILES string of the molecule is C#CCOC(=O)CC[C@H](N)C(=O)OCC#C. The average molecular weight is 223 g/mol. The smallest absolute Gasteiger partial charge is 0.323 e. The molecule has 0 saturated heterocycles. The van der Waals surface area contributed by atoms with Crippen molar-refractivity contribution in [3.8, 4) is 24.7 Å². The molecule has 0 heterocycles. The van der Waals surface area contributed by atoms with Crippen LogP contribution in [0.25, 0.3) is 0 Å². The number of hydrogen-bond acceptors (Lipinski definition) is 5. The summed E-state index contributed by atoms with van der Waals surface area (Å²) in [7, 11) is 0. The Morgan fingerprint density at radius 1 is 1.19 bits per heavy atom. The van der Waals surface area contributed by atoms with Crippen LogP contribution < -0.4 is 5.73 Å². The number of terminal acetylenes is 2. The van der Waals surface area contributed by atoms with Gasteiger partial charge in [-0.2, -0.15) is 0 Å². The molecular formula is C11H13NO4.